The monoisotopic (exact) mass is 305 g/mol. The second-order valence-corrected chi connectivity index (χ2v) is 5.10. The van der Waals surface area contributed by atoms with E-state index >= 15 is 0 Å². The zero-order chi connectivity index (χ0) is 16.0. The van der Waals surface area contributed by atoms with Gasteiger partial charge >= 0.3 is 0 Å². The molecule has 9 heteroatoms. The van der Waals surface area contributed by atoms with Crippen LogP contribution in [0.4, 0.5) is 5.82 Å². The number of amides is 1. The number of fused-ring (bicyclic) bond motifs is 1. The van der Waals surface area contributed by atoms with E-state index in [-0.39, 0.29) is 18.0 Å². The minimum atomic E-state index is -1.19. The third-order valence-corrected chi connectivity index (χ3v) is 3.85. The molecule has 0 bridgehead atoms. The van der Waals surface area contributed by atoms with Crippen molar-refractivity contribution in [2.24, 2.45) is 5.73 Å². The summed E-state index contributed by atoms with van der Waals surface area (Å²) in [4.78, 5) is 19.5. The predicted molar refractivity (Wildman–Crippen MR) is 76.7 cm³/mol. The van der Waals surface area contributed by atoms with Gasteiger partial charge in [0.1, 0.15) is 30.0 Å². The van der Waals surface area contributed by atoms with E-state index in [1.54, 1.807) is 0 Å². The Morgan fingerprint density at radius 1 is 1.36 bits per heavy atom. The molecule has 0 aromatic carbocycles. The van der Waals surface area contributed by atoms with E-state index in [2.05, 4.69) is 9.97 Å². The molecule has 9 nitrogen and oxygen atoms in total. The summed E-state index contributed by atoms with van der Waals surface area (Å²) in [6.45, 7) is -0.381. The zero-order valence-corrected chi connectivity index (χ0v) is 11.4. The molecule has 0 saturated carbocycles. The molecule has 3 rings (SSSR count). The highest BCUT2D eigenvalue weighted by molar-refractivity contribution is 6.08. The summed E-state index contributed by atoms with van der Waals surface area (Å²) in [7, 11) is 0. The normalized spacial score (nSPS) is 24.7. The van der Waals surface area contributed by atoms with Crippen molar-refractivity contribution in [2.45, 2.75) is 18.2 Å². The highest BCUT2D eigenvalue weighted by atomic mass is 16.3. The van der Waals surface area contributed by atoms with Gasteiger partial charge in [0, 0.05) is 6.20 Å². The Kier molecular flexibility index (Phi) is 3.32. The topological polar surface area (TPSA) is 161 Å². The summed E-state index contributed by atoms with van der Waals surface area (Å²) in [5.41, 5.74) is 11.9. The number of carbonyl (C=O) groups excluding carboxylic acids is 1. The average Bonchev–Trinajstić information content (AvgIpc) is 3.00. The van der Waals surface area contributed by atoms with Gasteiger partial charge in [0.25, 0.3) is 5.91 Å². The van der Waals surface area contributed by atoms with Gasteiger partial charge in [0.2, 0.25) is 0 Å². The van der Waals surface area contributed by atoms with Crippen LogP contribution in [0.25, 0.3) is 11.0 Å². The molecule has 1 unspecified atom stereocenters. The molecule has 116 valence electrons. The van der Waals surface area contributed by atoms with Gasteiger partial charge in [-0.1, -0.05) is 6.08 Å². The van der Waals surface area contributed by atoms with Gasteiger partial charge in [-0.05, 0) is 5.57 Å². The molecule has 0 saturated heterocycles. The second-order valence-electron chi connectivity index (χ2n) is 5.10. The van der Waals surface area contributed by atoms with Crippen molar-refractivity contribution in [1.29, 1.82) is 0 Å². The fraction of sp³-hybridized carbons (Fsp3) is 0.308. The maximum absolute atomic E-state index is 11.6. The zero-order valence-electron chi connectivity index (χ0n) is 11.4. The van der Waals surface area contributed by atoms with Crippen LogP contribution in [-0.4, -0.2) is 54.6 Å². The molecule has 22 heavy (non-hydrogen) atoms. The first kappa shape index (κ1) is 14.4. The van der Waals surface area contributed by atoms with Crippen LogP contribution in [0.5, 0.6) is 0 Å². The number of anilines is 1. The minimum absolute atomic E-state index is 0.0944. The van der Waals surface area contributed by atoms with E-state index in [1.807, 2.05) is 0 Å². The van der Waals surface area contributed by atoms with Crippen LogP contribution in [0.3, 0.4) is 0 Å². The Balaban J connectivity index is 2.23. The molecule has 0 aliphatic heterocycles. The first-order valence-electron chi connectivity index (χ1n) is 6.54. The molecule has 3 atom stereocenters. The molecule has 1 aliphatic rings. The number of nitrogens with two attached hydrogens (primary N) is 2. The SMILES string of the molecule is NC(=O)c1cn([C@@H]2C=C(CO)C(O)[C@@H]2O)c2ncnc(N)c12. The van der Waals surface area contributed by atoms with Gasteiger partial charge in [-0.3, -0.25) is 4.79 Å². The van der Waals surface area contributed by atoms with Crippen LogP contribution in [0.1, 0.15) is 16.4 Å². The van der Waals surface area contributed by atoms with Crippen molar-refractivity contribution in [3.63, 3.8) is 0 Å². The number of aliphatic hydroxyl groups is 3. The fourth-order valence-corrected chi connectivity index (χ4v) is 2.74. The summed E-state index contributed by atoms with van der Waals surface area (Å²) >= 11 is 0. The molecular weight excluding hydrogens is 290 g/mol. The van der Waals surface area contributed by atoms with E-state index in [9.17, 15) is 20.1 Å². The molecule has 7 N–H and O–H groups in total. The lowest BCUT2D eigenvalue weighted by atomic mass is 10.1. The number of carbonyl (C=O) groups is 1. The van der Waals surface area contributed by atoms with Crippen LogP contribution in [0.2, 0.25) is 0 Å². The van der Waals surface area contributed by atoms with Crippen molar-refractivity contribution in [3.8, 4) is 0 Å². The van der Waals surface area contributed by atoms with Gasteiger partial charge in [0.05, 0.1) is 23.6 Å². The van der Waals surface area contributed by atoms with Gasteiger partial charge in [-0.2, -0.15) is 0 Å². The molecule has 0 radical (unpaired) electrons. The van der Waals surface area contributed by atoms with Crippen molar-refractivity contribution in [3.05, 3.63) is 29.7 Å². The lowest BCUT2D eigenvalue weighted by molar-refractivity contribution is 0.0288. The number of nitrogens with zero attached hydrogens (tertiary/aromatic N) is 3. The molecular formula is C13H15N5O4. The Labute approximate surface area is 124 Å². The molecule has 2 heterocycles. The quantitative estimate of drug-likeness (QED) is 0.423. The van der Waals surface area contributed by atoms with Gasteiger partial charge in [-0.25, -0.2) is 9.97 Å². The summed E-state index contributed by atoms with van der Waals surface area (Å²) in [5, 5.41) is 29.6. The van der Waals surface area contributed by atoms with E-state index in [0.717, 1.165) is 0 Å². The summed E-state index contributed by atoms with van der Waals surface area (Å²) in [5.74, 6) is -0.610. The Hall–Kier alpha value is -2.49. The third-order valence-electron chi connectivity index (χ3n) is 3.85. The highest BCUT2D eigenvalue weighted by Crippen LogP contribution is 2.34. The number of hydrogen-bond donors (Lipinski definition) is 5. The average molecular weight is 305 g/mol. The van der Waals surface area contributed by atoms with E-state index in [0.29, 0.717) is 16.6 Å². The largest absolute Gasteiger partial charge is 0.392 e. The van der Waals surface area contributed by atoms with E-state index in [1.165, 1.54) is 23.2 Å². The molecule has 2 aromatic heterocycles. The van der Waals surface area contributed by atoms with Crippen molar-refractivity contribution in [2.75, 3.05) is 12.3 Å². The lowest BCUT2D eigenvalue weighted by Gasteiger charge is -2.19. The summed E-state index contributed by atoms with van der Waals surface area (Å²) in [6.07, 6.45) is 1.79. The maximum Gasteiger partial charge on any atom is 0.251 e. The number of aromatic nitrogens is 3. The maximum atomic E-state index is 11.6. The number of primary amides is 1. The van der Waals surface area contributed by atoms with Gasteiger partial charge in [0.15, 0.2) is 0 Å². The Bertz CT molecular complexity index is 784. The van der Waals surface area contributed by atoms with Crippen LogP contribution >= 0.6 is 0 Å². The predicted octanol–water partition coefficient (Wildman–Crippen LogP) is -1.69. The van der Waals surface area contributed by atoms with Crippen LogP contribution in [-0.2, 0) is 0 Å². The van der Waals surface area contributed by atoms with E-state index in [4.69, 9.17) is 11.5 Å². The summed E-state index contributed by atoms with van der Waals surface area (Å²) < 4.78 is 1.49. The molecule has 0 spiro atoms. The standard InChI is InChI=1S/C13H15N5O4/c14-11-8-6(12(15)22)2-18(13(8)17-4-16-11)7-1-5(3-19)9(20)10(7)21/h1-2,4,7,9-10,19-21H,3H2,(H2,15,22)(H2,14,16,17)/t7-,9?,10-/m1/s1. The Morgan fingerprint density at radius 2 is 2.09 bits per heavy atom. The van der Waals surface area contributed by atoms with Crippen molar-refractivity contribution in [1.82, 2.24) is 14.5 Å². The van der Waals surface area contributed by atoms with E-state index < -0.39 is 24.2 Å². The fourth-order valence-electron chi connectivity index (χ4n) is 2.74. The molecule has 1 amide bonds. The van der Waals surface area contributed by atoms with Gasteiger partial charge in [-0.15, -0.1) is 0 Å². The number of hydrogen-bond acceptors (Lipinski definition) is 7. The Morgan fingerprint density at radius 3 is 2.68 bits per heavy atom. The van der Waals surface area contributed by atoms with Crippen LogP contribution in [0.15, 0.2) is 24.2 Å². The number of aliphatic hydroxyl groups excluding tert-OH is 3. The second kappa shape index (κ2) is 5.05. The van der Waals surface area contributed by atoms with Gasteiger partial charge < -0.3 is 31.4 Å². The highest BCUT2D eigenvalue weighted by Gasteiger charge is 2.36. The third kappa shape index (κ3) is 1.95. The molecule has 2 aromatic rings. The van der Waals surface area contributed by atoms with Crippen molar-refractivity contribution < 1.29 is 20.1 Å². The molecule has 1 aliphatic carbocycles. The lowest BCUT2D eigenvalue weighted by Crippen LogP contribution is -2.30. The number of nitrogen functional groups attached to an aromatic ring is 1. The summed E-state index contributed by atoms with van der Waals surface area (Å²) in [6, 6.07) is -0.706. The first-order valence-corrected chi connectivity index (χ1v) is 6.54. The number of rotatable bonds is 3. The van der Waals surface area contributed by atoms with Crippen molar-refractivity contribution >= 4 is 22.8 Å². The van der Waals surface area contributed by atoms with Crippen LogP contribution in [0, 0.1) is 0 Å². The first-order chi connectivity index (χ1) is 10.5. The van der Waals surface area contributed by atoms with Crippen LogP contribution < -0.4 is 11.5 Å². The minimum Gasteiger partial charge on any atom is -0.392 e. The smallest absolute Gasteiger partial charge is 0.251 e. The molecule has 0 fully saturated rings.